The third-order valence-corrected chi connectivity index (χ3v) is 6.98. The minimum atomic E-state index is -1.49. The highest BCUT2D eigenvalue weighted by Crippen LogP contribution is 2.30. The second-order valence-corrected chi connectivity index (χ2v) is 9.99. The van der Waals surface area contributed by atoms with E-state index >= 15 is 0 Å². The van der Waals surface area contributed by atoms with Crippen LogP contribution in [0.4, 0.5) is 4.39 Å². The molecular formula is C31H41FO5. The molecule has 0 bridgehead atoms. The van der Waals surface area contributed by atoms with E-state index in [-0.39, 0.29) is 12.5 Å². The van der Waals surface area contributed by atoms with E-state index in [4.69, 9.17) is 14.2 Å². The Labute approximate surface area is 220 Å². The molecule has 2 aromatic rings. The first-order valence-corrected chi connectivity index (χ1v) is 13.9. The molecule has 0 heterocycles. The monoisotopic (exact) mass is 512 g/mol. The fourth-order valence-electron chi connectivity index (χ4n) is 4.56. The highest BCUT2D eigenvalue weighted by atomic mass is 19.1. The minimum Gasteiger partial charge on any atom is -0.494 e. The lowest BCUT2D eigenvalue weighted by atomic mass is 9.83. The number of halogens is 1. The number of ether oxygens (including phenoxy) is 3. The fraction of sp³-hybridized carbons (Fsp3) is 0.548. The largest absolute Gasteiger partial charge is 0.494 e. The highest BCUT2D eigenvalue weighted by Gasteiger charge is 2.27. The van der Waals surface area contributed by atoms with Crippen molar-refractivity contribution in [2.75, 3.05) is 6.61 Å². The van der Waals surface area contributed by atoms with Gasteiger partial charge < -0.3 is 14.2 Å². The van der Waals surface area contributed by atoms with Crippen LogP contribution in [-0.2, 0) is 16.0 Å². The van der Waals surface area contributed by atoms with Crippen molar-refractivity contribution in [3.63, 3.8) is 0 Å². The van der Waals surface area contributed by atoms with Crippen LogP contribution in [0.2, 0.25) is 0 Å². The third kappa shape index (κ3) is 9.83. The smallest absolute Gasteiger partial charge is 0.343 e. The van der Waals surface area contributed by atoms with Crippen molar-refractivity contribution in [3.05, 3.63) is 59.7 Å². The lowest BCUT2D eigenvalue weighted by Gasteiger charge is -2.28. The zero-order chi connectivity index (χ0) is 26.5. The summed E-state index contributed by atoms with van der Waals surface area (Å²) in [5.74, 6) is 0.757. The van der Waals surface area contributed by atoms with Crippen molar-refractivity contribution in [1.29, 1.82) is 0 Å². The number of esters is 2. The maximum atomic E-state index is 13.9. The van der Waals surface area contributed by atoms with Crippen LogP contribution in [0.15, 0.2) is 48.5 Å². The van der Waals surface area contributed by atoms with Crippen molar-refractivity contribution in [1.82, 2.24) is 0 Å². The Morgan fingerprint density at radius 3 is 2.19 bits per heavy atom. The van der Waals surface area contributed by atoms with E-state index in [1.165, 1.54) is 5.56 Å². The molecule has 0 saturated heterocycles. The summed E-state index contributed by atoms with van der Waals surface area (Å²) in [6.07, 6.45) is 7.83. The number of benzene rings is 2. The van der Waals surface area contributed by atoms with Crippen LogP contribution in [-0.4, -0.2) is 30.8 Å². The van der Waals surface area contributed by atoms with Gasteiger partial charge in [0.2, 0.25) is 0 Å². The predicted octanol–water partition coefficient (Wildman–Crippen LogP) is 7.65. The summed E-state index contributed by atoms with van der Waals surface area (Å²) < 4.78 is 30.4. The maximum absolute atomic E-state index is 13.9. The Bertz CT molecular complexity index is 949. The molecule has 6 heteroatoms. The molecule has 0 N–H and O–H groups in total. The first-order valence-electron chi connectivity index (χ1n) is 13.9. The maximum Gasteiger partial charge on any atom is 0.343 e. The van der Waals surface area contributed by atoms with Gasteiger partial charge in [-0.25, -0.2) is 14.0 Å². The van der Waals surface area contributed by atoms with Crippen molar-refractivity contribution < 1.29 is 28.2 Å². The number of carbonyl (C=O) groups excluding carboxylic acids is 2. The first kappa shape index (κ1) is 28.7. The van der Waals surface area contributed by atoms with E-state index in [2.05, 4.69) is 6.92 Å². The summed E-state index contributed by atoms with van der Waals surface area (Å²) in [6, 6.07) is 14.7. The summed E-state index contributed by atoms with van der Waals surface area (Å²) in [5.41, 5.74) is 1.68. The molecule has 0 amide bonds. The van der Waals surface area contributed by atoms with Crippen LogP contribution in [0.5, 0.6) is 11.5 Å². The summed E-state index contributed by atoms with van der Waals surface area (Å²) in [4.78, 5) is 24.4. The molecule has 1 atom stereocenters. The lowest BCUT2D eigenvalue weighted by Crippen LogP contribution is -2.29. The van der Waals surface area contributed by atoms with Crippen molar-refractivity contribution in [2.45, 2.75) is 96.8 Å². The molecule has 2 aromatic carbocycles. The molecule has 37 heavy (non-hydrogen) atoms. The van der Waals surface area contributed by atoms with E-state index in [1.54, 1.807) is 24.3 Å². The van der Waals surface area contributed by atoms with E-state index in [0.29, 0.717) is 30.3 Å². The van der Waals surface area contributed by atoms with Gasteiger partial charge in [0.25, 0.3) is 0 Å². The van der Waals surface area contributed by atoms with Gasteiger partial charge in [0.15, 0.2) is 6.17 Å². The number of hydrogen-bond donors (Lipinski definition) is 0. The predicted molar refractivity (Wildman–Crippen MR) is 143 cm³/mol. The Balaban J connectivity index is 1.36. The molecule has 0 aromatic heterocycles. The first-order chi connectivity index (χ1) is 18.0. The molecule has 1 saturated carbocycles. The van der Waals surface area contributed by atoms with Crippen LogP contribution in [0, 0.1) is 5.92 Å². The second-order valence-electron chi connectivity index (χ2n) is 9.99. The van der Waals surface area contributed by atoms with Gasteiger partial charge in [-0.3, -0.25) is 0 Å². The van der Waals surface area contributed by atoms with Gasteiger partial charge in [-0.2, -0.15) is 0 Å². The minimum absolute atomic E-state index is 0.151. The molecule has 0 radical (unpaired) electrons. The summed E-state index contributed by atoms with van der Waals surface area (Å²) in [7, 11) is 0. The summed E-state index contributed by atoms with van der Waals surface area (Å²) in [6.45, 7) is 4.76. The Kier molecular flexibility index (Phi) is 11.9. The molecule has 0 unspecified atom stereocenters. The molecular weight excluding hydrogens is 471 g/mol. The highest BCUT2D eigenvalue weighted by molar-refractivity contribution is 5.91. The Hall–Kier alpha value is -2.89. The third-order valence-electron chi connectivity index (χ3n) is 6.98. The van der Waals surface area contributed by atoms with E-state index in [0.717, 1.165) is 63.5 Å². The lowest BCUT2D eigenvalue weighted by molar-refractivity contribution is -0.157. The quantitative estimate of drug-likeness (QED) is 0.148. The van der Waals surface area contributed by atoms with Crippen LogP contribution in [0.25, 0.3) is 0 Å². The Morgan fingerprint density at radius 1 is 0.892 bits per heavy atom. The average Bonchev–Trinajstić information content (AvgIpc) is 2.92. The topological polar surface area (TPSA) is 61.8 Å². The van der Waals surface area contributed by atoms with Crippen LogP contribution < -0.4 is 9.47 Å². The zero-order valence-corrected chi connectivity index (χ0v) is 22.3. The normalized spacial score (nSPS) is 18.1. The molecule has 3 rings (SSSR count). The molecule has 5 nitrogen and oxygen atoms in total. The van der Waals surface area contributed by atoms with Crippen LogP contribution in [0.1, 0.15) is 94.0 Å². The number of hydrogen-bond acceptors (Lipinski definition) is 5. The number of unbranched alkanes of at least 4 members (excludes halogenated alkanes) is 2. The Morgan fingerprint density at radius 2 is 1.54 bits per heavy atom. The van der Waals surface area contributed by atoms with Gasteiger partial charge >= 0.3 is 11.9 Å². The van der Waals surface area contributed by atoms with Crippen LogP contribution in [0.3, 0.4) is 0 Å². The van der Waals surface area contributed by atoms with Gasteiger partial charge in [0, 0.05) is 0 Å². The van der Waals surface area contributed by atoms with E-state index in [9.17, 15) is 14.0 Å². The molecule has 0 spiro atoms. The standard InChI is InChI=1S/C31H41FO5/c1-3-5-7-29(32)31(34)37-28-18-12-24(13-19-28)9-8-23-10-16-27(17-11-23)36-30(33)25-14-20-26(21-15-25)35-22-6-4-2/h10-11,14-17,20-21,24,28-29H,3-9,12-13,18-19,22H2,1-2H3/t24?,28?,29-/m0/s1. The van der Waals surface area contributed by atoms with E-state index < -0.39 is 18.1 Å². The van der Waals surface area contributed by atoms with Crippen molar-refractivity contribution in [2.24, 2.45) is 5.92 Å². The number of alkyl halides is 1. The SMILES string of the molecule is CCCCOc1ccc(C(=O)Oc2ccc(CCC3CCC(OC(=O)[C@@H](F)CCCC)CC3)cc2)cc1. The number of carbonyl (C=O) groups is 2. The molecule has 1 fully saturated rings. The summed E-state index contributed by atoms with van der Waals surface area (Å²) >= 11 is 0. The van der Waals surface area contributed by atoms with E-state index in [1.807, 2.05) is 31.2 Å². The van der Waals surface area contributed by atoms with Gasteiger partial charge in [0.1, 0.15) is 17.6 Å². The van der Waals surface area contributed by atoms with Crippen molar-refractivity contribution in [3.8, 4) is 11.5 Å². The van der Waals surface area contributed by atoms with Gasteiger partial charge in [-0.15, -0.1) is 0 Å². The number of aryl methyl sites for hydroxylation is 1. The molecule has 1 aliphatic rings. The van der Waals surface area contributed by atoms with Crippen LogP contribution >= 0.6 is 0 Å². The summed E-state index contributed by atoms with van der Waals surface area (Å²) in [5, 5.41) is 0. The van der Waals surface area contributed by atoms with Crippen molar-refractivity contribution >= 4 is 11.9 Å². The zero-order valence-electron chi connectivity index (χ0n) is 22.3. The molecule has 0 aliphatic heterocycles. The van der Waals surface area contributed by atoms with Gasteiger partial charge in [0.05, 0.1) is 12.2 Å². The average molecular weight is 513 g/mol. The second kappa shape index (κ2) is 15.4. The van der Waals surface area contributed by atoms with Gasteiger partial charge in [-0.1, -0.05) is 45.2 Å². The fourth-order valence-corrected chi connectivity index (χ4v) is 4.56. The van der Waals surface area contributed by atoms with Gasteiger partial charge in [-0.05, 0) is 99.2 Å². The molecule has 202 valence electrons. The molecule has 1 aliphatic carbocycles. The number of rotatable bonds is 14.